The minimum Gasteiger partial charge on any atom is -0.338 e. The Morgan fingerprint density at radius 1 is 1.52 bits per heavy atom. The summed E-state index contributed by atoms with van der Waals surface area (Å²) >= 11 is 1.36. The fraction of sp³-hybridized carbons (Fsp3) is 0.500. The molecule has 114 valence electrons. The molecule has 3 N–H and O–H groups in total. The number of hydrogen-bond donors (Lipinski definition) is 2. The van der Waals surface area contributed by atoms with Crippen molar-refractivity contribution in [3.05, 3.63) is 27.6 Å². The number of nitrogens with two attached hydrogens (primary N) is 1. The molecule has 0 spiro atoms. The minimum atomic E-state index is -0.162. The van der Waals surface area contributed by atoms with Crippen molar-refractivity contribution in [3.63, 3.8) is 0 Å². The molecular weight excluding hydrogens is 288 g/mol. The number of aromatic nitrogens is 2. The first kappa shape index (κ1) is 15.7. The lowest BCUT2D eigenvalue weighted by Gasteiger charge is -2.20. The number of nitrogens with one attached hydrogen (secondary N) is 1. The molecule has 0 saturated heterocycles. The number of aromatic amines is 1. The van der Waals surface area contributed by atoms with E-state index in [2.05, 4.69) is 9.97 Å². The largest absolute Gasteiger partial charge is 0.338 e. The lowest BCUT2D eigenvalue weighted by molar-refractivity contribution is -0.131. The van der Waals surface area contributed by atoms with Gasteiger partial charge in [-0.05, 0) is 17.4 Å². The summed E-state index contributed by atoms with van der Waals surface area (Å²) in [4.78, 5) is 32.6. The van der Waals surface area contributed by atoms with E-state index in [0.717, 1.165) is 0 Å². The Balaban J connectivity index is 2.08. The molecule has 1 atom stereocenters. The summed E-state index contributed by atoms with van der Waals surface area (Å²) in [5, 5.41) is 1.83. The fourth-order valence-corrected chi connectivity index (χ4v) is 2.63. The van der Waals surface area contributed by atoms with Gasteiger partial charge in [0.25, 0.3) is 5.56 Å². The number of hydrogen-bond acceptors (Lipinski definition) is 5. The van der Waals surface area contributed by atoms with Crippen molar-refractivity contribution >= 4 is 27.5 Å². The molecule has 0 aromatic carbocycles. The van der Waals surface area contributed by atoms with Crippen LogP contribution in [0.25, 0.3) is 10.2 Å². The molecule has 6 nitrogen and oxygen atoms in total. The van der Waals surface area contributed by atoms with Crippen LogP contribution in [0.3, 0.4) is 0 Å². The molecule has 0 aliphatic rings. The first-order valence-electron chi connectivity index (χ1n) is 6.84. The van der Waals surface area contributed by atoms with Gasteiger partial charge in [-0.2, -0.15) is 0 Å². The Morgan fingerprint density at radius 3 is 2.90 bits per heavy atom. The Hall–Kier alpha value is -1.73. The van der Waals surface area contributed by atoms with Crippen LogP contribution in [0.15, 0.2) is 16.2 Å². The summed E-state index contributed by atoms with van der Waals surface area (Å²) in [6.07, 6.45) is 0.291. The van der Waals surface area contributed by atoms with E-state index >= 15 is 0 Å². The van der Waals surface area contributed by atoms with Crippen molar-refractivity contribution in [2.75, 3.05) is 7.05 Å². The molecule has 1 unspecified atom stereocenters. The Labute approximate surface area is 127 Å². The van der Waals surface area contributed by atoms with Crippen LogP contribution in [0.2, 0.25) is 0 Å². The third kappa shape index (κ3) is 3.68. The number of rotatable bonds is 5. The first-order valence-corrected chi connectivity index (χ1v) is 7.72. The molecule has 0 saturated carbocycles. The van der Waals surface area contributed by atoms with Crippen molar-refractivity contribution in [3.8, 4) is 0 Å². The third-order valence-corrected chi connectivity index (χ3v) is 4.35. The van der Waals surface area contributed by atoms with Crippen molar-refractivity contribution in [2.45, 2.75) is 32.9 Å². The van der Waals surface area contributed by atoms with Gasteiger partial charge >= 0.3 is 0 Å². The zero-order chi connectivity index (χ0) is 15.6. The van der Waals surface area contributed by atoms with Gasteiger partial charge < -0.3 is 15.6 Å². The highest BCUT2D eigenvalue weighted by Gasteiger charge is 2.17. The van der Waals surface area contributed by atoms with Crippen LogP contribution < -0.4 is 11.3 Å². The average Bonchev–Trinajstić information content (AvgIpc) is 2.87. The molecule has 2 rings (SSSR count). The number of nitrogens with zero attached hydrogens (tertiary/aromatic N) is 2. The summed E-state index contributed by atoms with van der Waals surface area (Å²) in [6, 6.07) is 1.64. The lowest BCUT2D eigenvalue weighted by atomic mass is 10.0. The highest BCUT2D eigenvalue weighted by atomic mass is 32.1. The van der Waals surface area contributed by atoms with E-state index in [-0.39, 0.29) is 30.0 Å². The number of amides is 1. The summed E-state index contributed by atoms with van der Waals surface area (Å²) in [7, 11) is 1.69. The molecule has 2 aromatic heterocycles. The van der Waals surface area contributed by atoms with Gasteiger partial charge in [0.2, 0.25) is 5.91 Å². The zero-order valence-electron chi connectivity index (χ0n) is 12.4. The Kier molecular flexibility index (Phi) is 4.74. The van der Waals surface area contributed by atoms with Gasteiger partial charge in [-0.1, -0.05) is 13.8 Å². The summed E-state index contributed by atoms with van der Waals surface area (Å²) in [6.45, 7) is 4.24. The number of fused-ring (bicyclic) bond motifs is 1. The molecule has 0 bridgehead atoms. The predicted molar refractivity (Wildman–Crippen MR) is 84.1 cm³/mol. The number of carbonyl (C=O) groups excluding carboxylic acids is 1. The SMILES string of the molecule is CC(C)C(N)CC(=O)N(C)Cc1nc2ccsc2c(=O)[nH]1. The summed E-state index contributed by atoms with van der Waals surface area (Å²) in [5.41, 5.74) is 6.42. The van der Waals surface area contributed by atoms with Crippen LogP contribution in [-0.4, -0.2) is 33.9 Å². The monoisotopic (exact) mass is 308 g/mol. The second-order valence-electron chi connectivity index (χ2n) is 5.51. The molecule has 2 aromatic rings. The maximum Gasteiger partial charge on any atom is 0.268 e. The van der Waals surface area contributed by atoms with Crippen LogP contribution in [0.4, 0.5) is 0 Å². The fourth-order valence-electron chi connectivity index (χ4n) is 1.90. The number of thiophene rings is 1. The van der Waals surface area contributed by atoms with Crippen LogP contribution in [0.1, 0.15) is 26.1 Å². The third-order valence-electron chi connectivity index (χ3n) is 3.44. The Bertz CT molecular complexity index is 692. The summed E-state index contributed by atoms with van der Waals surface area (Å²) in [5.74, 6) is 0.687. The normalized spacial score (nSPS) is 12.8. The summed E-state index contributed by atoms with van der Waals surface area (Å²) < 4.78 is 0.606. The van der Waals surface area contributed by atoms with E-state index in [1.165, 1.54) is 11.3 Å². The molecule has 7 heteroatoms. The van der Waals surface area contributed by atoms with Gasteiger partial charge in [0.15, 0.2) is 0 Å². The van der Waals surface area contributed by atoms with Gasteiger partial charge in [0.05, 0.1) is 12.1 Å². The van der Waals surface area contributed by atoms with E-state index < -0.39 is 0 Å². The van der Waals surface area contributed by atoms with Gasteiger partial charge in [0, 0.05) is 19.5 Å². The topological polar surface area (TPSA) is 92.1 Å². The lowest BCUT2D eigenvalue weighted by Crippen LogP contribution is -2.36. The highest BCUT2D eigenvalue weighted by Crippen LogP contribution is 2.14. The van der Waals surface area contributed by atoms with Gasteiger partial charge in [0.1, 0.15) is 10.5 Å². The van der Waals surface area contributed by atoms with E-state index in [1.807, 2.05) is 19.2 Å². The maximum absolute atomic E-state index is 12.1. The van der Waals surface area contributed by atoms with Crippen LogP contribution in [-0.2, 0) is 11.3 Å². The standard InChI is InChI=1S/C14H20N4O2S/c1-8(2)9(15)6-12(19)18(3)7-11-16-10-4-5-21-13(10)14(20)17-11/h4-5,8-9H,6-7,15H2,1-3H3,(H,16,17,20). The maximum atomic E-state index is 12.1. The molecule has 1 amide bonds. The van der Waals surface area contributed by atoms with Gasteiger partial charge in [-0.25, -0.2) is 4.98 Å². The molecule has 0 radical (unpaired) electrons. The second-order valence-corrected chi connectivity index (χ2v) is 6.43. The molecule has 0 fully saturated rings. The van der Waals surface area contributed by atoms with Gasteiger partial charge in [-0.3, -0.25) is 9.59 Å². The first-order chi connectivity index (χ1) is 9.88. The van der Waals surface area contributed by atoms with Crippen molar-refractivity contribution < 1.29 is 4.79 Å². The van der Waals surface area contributed by atoms with E-state index in [0.29, 0.717) is 22.5 Å². The molecular formula is C14H20N4O2S. The van der Waals surface area contributed by atoms with Crippen molar-refractivity contribution in [1.29, 1.82) is 0 Å². The average molecular weight is 308 g/mol. The van der Waals surface area contributed by atoms with E-state index in [9.17, 15) is 9.59 Å². The minimum absolute atomic E-state index is 0.0516. The zero-order valence-corrected chi connectivity index (χ0v) is 13.2. The number of carbonyl (C=O) groups is 1. The highest BCUT2D eigenvalue weighted by molar-refractivity contribution is 7.17. The molecule has 21 heavy (non-hydrogen) atoms. The second kappa shape index (κ2) is 6.36. The van der Waals surface area contributed by atoms with Crippen LogP contribution >= 0.6 is 11.3 Å². The van der Waals surface area contributed by atoms with E-state index in [1.54, 1.807) is 18.0 Å². The van der Waals surface area contributed by atoms with Crippen molar-refractivity contribution in [1.82, 2.24) is 14.9 Å². The van der Waals surface area contributed by atoms with Crippen LogP contribution in [0.5, 0.6) is 0 Å². The van der Waals surface area contributed by atoms with Gasteiger partial charge in [-0.15, -0.1) is 11.3 Å². The van der Waals surface area contributed by atoms with Crippen molar-refractivity contribution in [2.24, 2.45) is 11.7 Å². The molecule has 0 aliphatic heterocycles. The van der Waals surface area contributed by atoms with Crippen LogP contribution in [0, 0.1) is 5.92 Å². The molecule has 0 aliphatic carbocycles. The Morgan fingerprint density at radius 2 is 2.24 bits per heavy atom. The predicted octanol–water partition coefficient (Wildman–Crippen LogP) is 1.32. The molecule has 2 heterocycles. The smallest absolute Gasteiger partial charge is 0.268 e. The quantitative estimate of drug-likeness (QED) is 0.871. The number of H-pyrrole nitrogens is 1. The van der Waals surface area contributed by atoms with E-state index in [4.69, 9.17) is 5.73 Å².